The summed E-state index contributed by atoms with van der Waals surface area (Å²) in [5.74, 6) is -1.01. The number of hydrogen-bond donors (Lipinski definition) is 1. The van der Waals surface area contributed by atoms with Crippen LogP contribution in [0.25, 0.3) is 21.1 Å². The molecular weight excluding hydrogens is 426 g/mol. The lowest BCUT2D eigenvalue weighted by Gasteiger charge is -2.13. The van der Waals surface area contributed by atoms with Crippen molar-refractivity contribution in [2.75, 3.05) is 6.61 Å². The maximum atomic E-state index is 11.8. The third-order valence-corrected chi connectivity index (χ3v) is 6.47. The van der Waals surface area contributed by atoms with E-state index in [9.17, 15) is 19.6 Å². The molecule has 8 nitrogen and oxygen atoms in total. The van der Waals surface area contributed by atoms with E-state index in [0.717, 1.165) is 22.7 Å². The second-order valence-electron chi connectivity index (χ2n) is 6.98. The molecule has 1 amide bonds. The molecule has 0 aliphatic rings. The molecule has 1 N–H and O–H groups in total. The Hall–Kier alpha value is -2.98. The Kier molecular flexibility index (Phi) is 6.37. The number of ether oxygens (including phenoxy) is 1. The first kappa shape index (κ1) is 21.7. The molecule has 0 atom stereocenters. The summed E-state index contributed by atoms with van der Waals surface area (Å²) in [5, 5.41) is 12.9. The summed E-state index contributed by atoms with van der Waals surface area (Å²) in [6, 6.07) is 5.39. The molecule has 0 aliphatic carbocycles. The number of aromatic carboxylic acids is 1. The van der Waals surface area contributed by atoms with Crippen LogP contribution in [0.2, 0.25) is 0 Å². The van der Waals surface area contributed by atoms with E-state index in [4.69, 9.17) is 4.74 Å². The van der Waals surface area contributed by atoms with Crippen LogP contribution >= 0.6 is 22.7 Å². The standard InChI is InChI=1S/C20H19N3O5S2/c1-9(2)8-28-14-6-5-12(18-21-11(4)16(30-18)20(25)26)7-13(14)19-22-10(3)15(29-19)17(24)23-27/h5-7,9H,8H2,1-4H3,(H,25,26). The van der Waals surface area contributed by atoms with Crippen molar-refractivity contribution in [2.45, 2.75) is 27.7 Å². The minimum absolute atomic E-state index is 0.179. The van der Waals surface area contributed by atoms with Crippen molar-refractivity contribution < 1.29 is 19.4 Å². The second-order valence-corrected chi connectivity index (χ2v) is 8.98. The Morgan fingerprint density at radius 1 is 1.10 bits per heavy atom. The third-order valence-electron chi connectivity index (χ3n) is 4.09. The Labute approximate surface area is 180 Å². The van der Waals surface area contributed by atoms with E-state index in [1.807, 2.05) is 19.9 Å². The largest absolute Gasteiger partial charge is 0.493 e. The second kappa shape index (κ2) is 8.80. The molecule has 0 unspecified atom stereocenters. The molecule has 2 aromatic heterocycles. The quantitative estimate of drug-likeness (QED) is 0.497. The fraction of sp³-hybridized carbons (Fsp3) is 0.300. The Morgan fingerprint density at radius 3 is 2.33 bits per heavy atom. The number of amides is 1. The number of nitrogens with zero attached hydrogens (tertiary/aromatic N) is 3. The van der Waals surface area contributed by atoms with E-state index < -0.39 is 11.9 Å². The number of hydrogen-bond acceptors (Lipinski definition) is 8. The molecule has 156 valence electrons. The molecule has 0 radical (unpaired) electrons. The summed E-state index contributed by atoms with van der Waals surface area (Å²) in [5.41, 5.74) is 2.20. The normalized spacial score (nSPS) is 11.0. The summed E-state index contributed by atoms with van der Waals surface area (Å²) >= 11 is 2.15. The van der Waals surface area contributed by atoms with Gasteiger partial charge in [0.1, 0.15) is 25.5 Å². The van der Waals surface area contributed by atoms with Gasteiger partial charge in [-0.2, -0.15) is 0 Å². The van der Waals surface area contributed by atoms with E-state index in [0.29, 0.717) is 50.8 Å². The summed E-state index contributed by atoms with van der Waals surface area (Å²) in [4.78, 5) is 43.0. The Morgan fingerprint density at radius 2 is 1.73 bits per heavy atom. The molecule has 30 heavy (non-hydrogen) atoms. The molecule has 10 heteroatoms. The predicted octanol–water partition coefficient (Wildman–Crippen LogP) is 5.19. The lowest BCUT2D eigenvalue weighted by molar-refractivity contribution is 0.0701. The summed E-state index contributed by atoms with van der Waals surface area (Å²) in [6.45, 7) is 7.83. The number of nitroso groups, excluding NO2 is 1. The minimum atomic E-state index is -1.02. The zero-order valence-corrected chi connectivity index (χ0v) is 18.4. The van der Waals surface area contributed by atoms with E-state index in [1.54, 1.807) is 26.0 Å². The van der Waals surface area contributed by atoms with Gasteiger partial charge in [0.15, 0.2) is 0 Å². The van der Waals surface area contributed by atoms with Crippen molar-refractivity contribution in [1.82, 2.24) is 9.97 Å². The Balaban J connectivity index is 2.12. The zero-order valence-electron chi connectivity index (χ0n) is 16.8. The van der Waals surface area contributed by atoms with Crippen LogP contribution in [0.1, 0.15) is 44.6 Å². The maximum Gasteiger partial charge on any atom is 0.347 e. The molecule has 0 spiro atoms. The SMILES string of the molecule is Cc1nc(-c2ccc(OCC(C)C)c(-c3nc(C)c(C(=O)N=O)s3)c2)sc1C(=O)O. The van der Waals surface area contributed by atoms with Crippen LogP contribution in [0.5, 0.6) is 5.75 Å². The third kappa shape index (κ3) is 4.44. The fourth-order valence-corrected chi connectivity index (χ4v) is 4.55. The molecule has 1 aromatic carbocycles. The molecule has 0 fully saturated rings. The van der Waals surface area contributed by atoms with Crippen LogP contribution in [0.3, 0.4) is 0 Å². The van der Waals surface area contributed by atoms with E-state index in [-0.39, 0.29) is 9.75 Å². The number of carboxylic acids is 1. The smallest absolute Gasteiger partial charge is 0.347 e. The highest BCUT2D eigenvalue weighted by Gasteiger charge is 2.21. The highest BCUT2D eigenvalue weighted by atomic mass is 32.1. The van der Waals surface area contributed by atoms with Crippen molar-refractivity contribution in [2.24, 2.45) is 11.1 Å². The van der Waals surface area contributed by atoms with Crippen molar-refractivity contribution in [1.29, 1.82) is 0 Å². The van der Waals surface area contributed by atoms with Crippen LogP contribution < -0.4 is 4.74 Å². The maximum absolute atomic E-state index is 11.8. The van der Waals surface area contributed by atoms with Crippen molar-refractivity contribution in [3.63, 3.8) is 0 Å². The first-order chi connectivity index (χ1) is 14.2. The van der Waals surface area contributed by atoms with Gasteiger partial charge in [0.2, 0.25) is 0 Å². The van der Waals surface area contributed by atoms with Crippen LogP contribution in [-0.2, 0) is 0 Å². The van der Waals surface area contributed by atoms with Gasteiger partial charge in [-0.15, -0.1) is 27.6 Å². The monoisotopic (exact) mass is 445 g/mol. The van der Waals surface area contributed by atoms with Gasteiger partial charge < -0.3 is 9.84 Å². The van der Waals surface area contributed by atoms with Gasteiger partial charge in [0, 0.05) is 10.7 Å². The molecule has 2 heterocycles. The highest BCUT2D eigenvalue weighted by molar-refractivity contribution is 7.17. The van der Waals surface area contributed by atoms with Crippen LogP contribution in [0.4, 0.5) is 0 Å². The summed E-state index contributed by atoms with van der Waals surface area (Å²) in [6.07, 6.45) is 0. The van der Waals surface area contributed by atoms with Gasteiger partial charge >= 0.3 is 11.9 Å². The van der Waals surface area contributed by atoms with Gasteiger partial charge in [-0.3, -0.25) is 4.79 Å². The number of benzene rings is 1. The van der Waals surface area contributed by atoms with Crippen LogP contribution in [0, 0.1) is 24.7 Å². The number of carbonyl (C=O) groups excluding carboxylic acids is 1. The highest BCUT2D eigenvalue weighted by Crippen LogP contribution is 2.39. The van der Waals surface area contributed by atoms with E-state index in [1.165, 1.54) is 0 Å². The first-order valence-corrected chi connectivity index (χ1v) is 10.7. The van der Waals surface area contributed by atoms with Crippen LogP contribution in [0.15, 0.2) is 23.4 Å². The van der Waals surface area contributed by atoms with Gasteiger partial charge in [0.25, 0.3) is 0 Å². The van der Waals surface area contributed by atoms with Crippen molar-refractivity contribution >= 4 is 34.6 Å². The van der Waals surface area contributed by atoms with Gasteiger partial charge in [0.05, 0.1) is 23.6 Å². The van der Waals surface area contributed by atoms with Gasteiger partial charge in [-0.1, -0.05) is 13.8 Å². The fourth-order valence-electron chi connectivity index (χ4n) is 2.68. The van der Waals surface area contributed by atoms with E-state index >= 15 is 0 Å². The molecule has 0 saturated heterocycles. The van der Waals surface area contributed by atoms with E-state index in [2.05, 4.69) is 15.1 Å². The average Bonchev–Trinajstić information content (AvgIpc) is 3.28. The van der Waals surface area contributed by atoms with Crippen molar-refractivity contribution in [3.05, 3.63) is 44.2 Å². The molecule has 0 saturated carbocycles. The predicted molar refractivity (Wildman–Crippen MR) is 116 cm³/mol. The number of aryl methyl sites for hydroxylation is 2. The lowest BCUT2D eigenvalue weighted by Crippen LogP contribution is -2.05. The number of aromatic nitrogens is 2. The molecule has 0 bridgehead atoms. The number of carbonyl (C=O) groups is 2. The van der Waals surface area contributed by atoms with Gasteiger partial charge in [-0.05, 0) is 38.0 Å². The number of carboxylic acid groups (broad SMARTS) is 1. The molecule has 3 aromatic rings. The topological polar surface area (TPSA) is 119 Å². The number of rotatable bonds is 7. The zero-order chi connectivity index (χ0) is 22.0. The molecular formula is C20H19N3O5S2. The Bertz CT molecular complexity index is 1130. The average molecular weight is 446 g/mol. The van der Waals surface area contributed by atoms with Crippen molar-refractivity contribution in [3.8, 4) is 26.9 Å². The van der Waals surface area contributed by atoms with Crippen LogP contribution in [-0.4, -0.2) is 33.6 Å². The lowest BCUT2D eigenvalue weighted by atomic mass is 10.1. The molecule has 0 aliphatic heterocycles. The van der Waals surface area contributed by atoms with Gasteiger partial charge in [-0.25, -0.2) is 14.8 Å². The first-order valence-electron chi connectivity index (χ1n) is 9.04. The molecule has 3 rings (SSSR count). The number of thiazole rings is 2. The summed E-state index contributed by atoms with van der Waals surface area (Å²) < 4.78 is 5.93. The minimum Gasteiger partial charge on any atom is -0.493 e. The summed E-state index contributed by atoms with van der Waals surface area (Å²) in [7, 11) is 0.